The average Bonchev–Trinajstić information content (AvgIpc) is 2.77. The van der Waals surface area contributed by atoms with Crippen LogP contribution in [0.15, 0.2) is 47.6 Å². The van der Waals surface area contributed by atoms with Crippen molar-refractivity contribution >= 4 is 35.3 Å². The molecule has 0 unspecified atom stereocenters. The number of nitriles is 1. The normalized spacial score (nSPS) is 10.3. The Labute approximate surface area is 194 Å². The molecule has 0 bridgehead atoms. The lowest BCUT2D eigenvalue weighted by atomic mass is 10.1. The number of hydrogen-bond acceptors (Lipinski definition) is 8. The Morgan fingerprint density at radius 1 is 1.12 bits per heavy atom. The van der Waals surface area contributed by atoms with E-state index in [0.717, 1.165) is 11.4 Å². The molecule has 2 aromatic heterocycles. The first-order valence-corrected chi connectivity index (χ1v) is 10.8. The van der Waals surface area contributed by atoms with Gasteiger partial charge in [0.15, 0.2) is 5.16 Å². The minimum Gasteiger partial charge on any atom is -0.465 e. The standard InChI is InChI=1S/C22H21N7O3S/c1-13(30)26-16-7-5-14(6-8-16)19-18(11-23)20(24)29-21(28-19)33-12-17-4-2-3-15(27-17)9-10-25-22(31)32/h2-8,25H,9-10,12H2,1H3,(H,26,30)(H,31,32)(H2,24,28,29). The highest BCUT2D eigenvalue weighted by Gasteiger charge is 2.15. The molecule has 11 heteroatoms. The van der Waals surface area contributed by atoms with Crippen molar-refractivity contribution in [3.63, 3.8) is 0 Å². The molecule has 168 valence electrons. The van der Waals surface area contributed by atoms with E-state index in [2.05, 4.69) is 31.7 Å². The zero-order valence-corrected chi connectivity index (χ0v) is 18.5. The van der Waals surface area contributed by atoms with Crippen LogP contribution in [0.2, 0.25) is 0 Å². The van der Waals surface area contributed by atoms with Gasteiger partial charge in [0, 0.05) is 42.6 Å². The maximum absolute atomic E-state index is 11.2. The summed E-state index contributed by atoms with van der Waals surface area (Å²) >= 11 is 1.32. The highest BCUT2D eigenvalue weighted by molar-refractivity contribution is 7.98. The third-order valence-corrected chi connectivity index (χ3v) is 5.26. The van der Waals surface area contributed by atoms with E-state index in [1.54, 1.807) is 24.3 Å². The van der Waals surface area contributed by atoms with Crippen molar-refractivity contribution in [3.05, 3.63) is 59.4 Å². The van der Waals surface area contributed by atoms with Crippen LogP contribution in [0.4, 0.5) is 16.3 Å². The Bertz CT molecular complexity index is 1210. The number of carbonyl (C=O) groups excluding carboxylic acids is 1. The van der Waals surface area contributed by atoms with Crippen LogP contribution < -0.4 is 16.4 Å². The van der Waals surface area contributed by atoms with Gasteiger partial charge in [-0.1, -0.05) is 30.0 Å². The molecule has 0 radical (unpaired) electrons. The summed E-state index contributed by atoms with van der Waals surface area (Å²) in [5, 5.41) is 23.6. The summed E-state index contributed by atoms with van der Waals surface area (Å²) in [6.07, 6.45) is -0.596. The minimum absolute atomic E-state index is 0.0809. The molecule has 0 fully saturated rings. The average molecular weight is 464 g/mol. The Kier molecular flexibility index (Phi) is 7.77. The zero-order valence-electron chi connectivity index (χ0n) is 17.7. The van der Waals surface area contributed by atoms with E-state index in [1.165, 1.54) is 18.7 Å². The summed E-state index contributed by atoms with van der Waals surface area (Å²) in [6.45, 7) is 1.70. The third-order valence-electron chi connectivity index (χ3n) is 4.38. The molecule has 3 rings (SSSR count). The molecular weight excluding hydrogens is 442 g/mol. The predicted molar refractivity (Wildman–Crippen MR) is 124 cm³/mol. The van der Waals surface area contributed by atoms with Gasteiger partial charge in [0.05, 0.1) is 11.4 Å². The number of nitrogens with zero attached hydrogens (tertiary/aromatic N) is 4. The second-order valence-electron chi connectivity index (χ2n) is 6.88. The molecule has 33 heavy (non-hydrogen) atoms. The zero-order chi connectivity index (χ0) is 23.8. The summed E-state index contributed by atoms with van der Waals surface area (Å²) in [7, 11) is 0. The number of nitrogens with two attached hydrogens (primary N) is 1. The van der Waals surface area contributed by atoms with E-state index in [-0.39, 0.29) is 23.8 Å². The monoisotopic (exact) mass is 463 g/mol. The summed E-state index contributed by atoms with van der Waals surface area (Å²) in [6, 6.07) is 14.5. The number of carboxylic acid groups (broad SMARTS) is 1. The Morgan fingerprint density at radius 2 is 1.85 bits per heavy atom. The second-order valence-corrected chi connectivity index (χ2v) is 7.82. The van der Waals surface area contributed by atoms with Gasteiger partial charge in [0.25, 0.3) is 0 Å². The number of amides is 2. The highest BCUT2D eigenvalue weighted by atomic mass is 32.2. The number of thioether (sulfide) groups is 1. The van der Waals surface area contributed by atoms with E-state index in [9.17, 15) is 14.9 Å². The van der Waals surface area contributed by atoms with Crippen molar-refractivity contribution in [2.75, 3.05) is 17.6 Å². The van der Waals surface area contributed by atoms with Gasteiger partial charge in [0.2, 0.25) is 5.91 Å². The van der Waals surface area contributed by atoms with Crippen LogP contribution in [0.1, 0.15) is 23.9 Å². The number of pyridine rings is 1. The maximum Gasteiger partial charge on any atom is 0.404 e. The number of hydrogen-bond donors (Lipinski definition) is 4. The fraction of sp³-hybridized carbons (Fsp3) is 0.182. The fourth-order valence-electron chi connectivity index (χ4n) is 2.94. The van der Waals surface area contributed by atoms with Crippen LogP contribution in [0, 0.1) is 11.3 Å². The minimum atomic E-state index is -1.07. The second kappa shape index (κ2) is 10.9. The molecular formula is C22H21N7O3S. The Balaban J connectivity index is 1.77. The van der Waals surface area contributed by atoms with Crippen molar-refractivity contribution in [3.8, 4) is 17.3 Å². The third kappa shape index (κ3) is 6.65. The molecule has 0 saturated heterocycles. The molecule has 0 aliphatic rings. The highest BCUT2D eigenvalue weighted by Crippen LogP contribution is 2.29. The first-order valence-electron chi connectivity index (χ1n) is 9.85. The summed E-state index contributed by atoms with van der Waals surface area (Å²) in [5.41, 5.74) is 9.45. The number of nitrogen functional groups attached to an aromatic ring is 1. The summed E-state index contributed by atoms with van der Waals surface area (Å²) < 4.78 is 0. The predicted octanol–water partition coefficient (Wildman–Crippen LogP) is 3.05. The number of rotatable bonds is 8. The van der Waals surface area contributed by atoms with Gasteiger partial charge in [-0.3, -0.25) is 9.78 Å². The molecule has 0 atom stereocenters. The van der Waals surface area contributed by atoms with E-state index >= 15 is 0 Å². The van der Waals surface area contributed by atoms with E-state index < -0.39 is 6.09 Å². The maximum atomic E-state index is 11.2. The summed E-state index contributed by atoms with van der Waals surface area (Å²) in [4.78, 5) is 35.1. The van der Waals surface area contributed by atoms with Gasteiger partial charge in [0.1, 0.15) is 17.5 Å². The van der Waals surface area contributed by atoms with Crippen LogP contribution in [0.25, 0.3) is 11.3 Å². The van der Waals surface area contributed by atoms with Gasteiger partial charge in [-0.25, -0.2) is 14.8 Å². The lowest BCUT2D eigenvalue weighted by molar-refractivity contribution is -0.114. The molecule has 2 heterocycles. The molecule has 0 spiro atoms. The van der Waals surface area contributed by atoms with Gasteiger partial charge >= 0.3 is 6.09 Å². The van der Waals surface area contributed by atoms with Gasteiger partial charge in [-0.15, -0.1) is 0 Å². The van der Waals surface area contributed by atoms with Crippen molar-refractivity contribution in [1.29, 1.82) is 5.26 Å². The lowest BCUT2D eigenvalue weighted by Gasteiger charge is -2.10. The largest absolute Gasteiger partial charge is 0.465 e. The van der Waals surface area contributed by atoms with Crippen LogP contribution in [0.3, 0.4) is 0 Å². The van der Waals surface area contributed by atoms with Gasteiger partial charge in [-0.05, 0) is 24.3 Å². The van der Waals surface area contributed by atoms with E-state index in [4.69, 9.17) is 10.8 Å². The molecule has 0 aliphatic heterocycles. The molecule has 1 aromatic carbocycles. The smallest absolute Gasteiger partial charge is 0.404 e. The van der Waals surface area contributed by atoms with Crippen molar-refractivity contribution in [2.24, 2.45) is 0 Å². The van der Waals surface area contributed by atoms with Gasteiger partial charge < -0.3 is 21.5 Å². The lowest BCUT2D eigenvalue weighted by Crippen LogP contribution is -2.23. The van der Waals surface area contributed by atoms with Crippen LogP contribution in [-0.2, 0) is 17.0 Å². The Hall–Kier alpha value is -4.17. The number of benzene rings is 1. The Morgan fingerprint density at radius 3 is 2.52 bits per heavy atom. The van der Waals surface area contributed by atoms with Crippen molar-refractivity contribution < 1.29 is 14.7 Å². The summed E-state index contributed by atoms with van der Waals surface area (Å²) in [5.74, 6) is 0.366. The molecule has 0 aliphatic carbocycles. The van der Waals surface area contributed by atoms with Gasteiger partial charge in [-0.2, -0.15) is 5.26 Å². The molecule has 2 amide bonds. The molecule has 5 N–H and O–H groups in total. The topological polar surface area (TPSA) is 167 Å². The van der Waals surface area contributed by atoms with E-state index in [0.29, 0.717) is 34.3 Å². The van der Waals surface area contributed by atoms with Crippen molar-refractivity contribution in [2.45, 2.75) is 24.3 Å². The molecule has 3 aromatic rings. The number of anilines is 2. The van der Waals surface area contributed by atoms with Crippen LogP contribution >= 0.6 is 11.8 Å². The van der Waals surface area contributed by atoms with Crippen LogP contribution in [0.5, 0.6) is 0 Å². The fourth-order valence-corrected chi connectivity index (χ4v) is 3.70. The molecule has 0 saturated carbocycles. The first-order chi connectivity index (χ1) is 15.9. The quantitative estimate of drug-likeness (QED) is 0.290. The molecule has 10 nitrogen and oxygen atoms in total. The number of aromatic nitrogens is 3. The van der Waals surface area contributed by atoms with E-state index in [1.807, 2.05) is 18.2 Å². The number of nitrogens with one attached hydrogen (secondary N) is 2. The van der Waals surface area contributed by atoms with Crippen molar-refractivity contribution in [1.82, 2.24) is 20.3 Å². The van der Waals surface area contributed by atoms with Crippen LogP contribution in [-0.4, -0.2) is 38.6 Å². The SMILES string of the molecule is CC(=O)Nc1ccc(-c2nc(SCc3cccc(CCNC(=O)O)n3)nc(N)c2C#N)cc1. The first kappa shape index (κ1) is 23.5. The number of carbonyl (C=O) groups is 2.